The average molecular weight is 941 g/mol. The van der Waals surface area contributed by atoms with Gasteiger partial charge in [-0.15, -0.1) is 0 Å². The fraction of sp³-hybridized carbons (Fsp3) is 0.400. The van der Waals surface area contributed by atoms with Crippen molar-refractivity contribution in [2.75, 3.05) is 93.0 Å². The summed E-state index contributed by atoms with van der Waals surface area (Å²) in [5, 5.41) is 16.5. The highest BCUT2D eigenvalue weighted by molar-refractivity contribution is 7.90. The van der Waals surface area contributed by atoms with Crippen LogP contribution in [0.15, 0.2) is 59.9 Å². The number of nitriles is 1. The minimum atomic E-state index is -4.00. The normalized spacial score (nSPS) is 18.0. The lowest BCUT2D eigenvalue weighted by Gasteiger charge is -2.37. The zero-order chi connectivity index (χ0) is 47.4. The van der Waals surface area contributed by atoms with Crippen LogP contribution in [-0.4, -0.2) is 129 Å². The first-order chi connectivity index (χ1) is 32.2. The van der Waals surface area contributed by atoms with E-state index in [2.05, 4.69) is 35.2 Å². The number of carbonyl (C=O) groups excluding carboxylic acids is 3. The molecule has 0 spiro atoms. The number of carbonyl (C=O) groups is 3. The zero-order valence-corrected chi connectivity index (χ0v) is 38.0. The Labute approximate surface area is 385 Å². The van der Waals surface area contributed by atoms with Crippen molar-refractivity contribution < 1.29 is 41.1 Å². The Hall–Kier alpha value is -6.96. The molecule has 4 aliphatic rings. The SMILES string of the molecule is CCN(C)S(=O)(=O)Nc1ccc(F)c(Oc2ccc3c(c2)=CN(c2cnc(N4CCN(C(=O)CN5CCC(c6cc(OC)c(NC7CCC(=O)NC7=O)cc6F)CC5)CC4)nc2)CN=3)c1C#N. The summed E-state index contributed by atoms with van der Waals surface area (Å²) in [7, 11) is -1.14. The van der Waals surface area contributed by atoms with Gasteiger partial charge in [0.1, 0.15) is 41.7 Å². The number of hydrogen-bond donors (Lipinski definition) is 3. The quantitative estimate of drug-likeness (QED) is 0.155. The molecular formula is C45H50F2N12O7S. The van der Waals surface area contributed by atoms with Crippen molar-refractivity contribution in [3.05, 3.63) is 88.2 Å². The molecule has 1 aromatic heterocycles. The molecule has 3 N–H and O–H groups in total. The third-order valence-electron chi connectivity index (χ3n) is 12.4. The molecule has 0 saturated carbocycles. The predicted molar refractivity (Wildman–Crippen MR) is 243 cm³/mol. The van der Waals surface area contributed by atoms with Crippen LogP contribution < -0.4 is 45.2 Å². The molecule has 3 aromatic carbocycles. The van der Waals surface area contributed by atoms with Gasteiger partial charge in [0, 0.05) is 63.7 Å². The Morgan fingerprint density at radius 3 is 2.42 bits per heavy atom. The van der Waals surface area contributed by atoms with Crippen LogP contribution in [-0.2, 0) is 24.6 Å². The minimum Gasteiger partial charge on any atom is -0.495 e. The second-order valence-corrected chi connectivity index (χ2v) is 18.3. The lowest BCUT2D eigenvalue weighted by atomic mass is 9.88. The predicted octanol–water partition coefficient (Wildman–Crippen LogP) is 2.62. The molecular weight excluding hydrogens is 891 g/mol. The number of halogens is 2. The fourth-order valence-electron chi connectivity index (χ4n) is 8.38. The number of piperidine rings is 2. The van der Waals surface area contributed by atoms with E-state index in [0.717, 1.165) is 10.4 Å². The van der Waals surface area contributed by atoms with Crippen molar-refractivity contribution in [1.82, 2.24) is 29.4 Å². The molecule has 67 heavy (non-hydrogen) atoms. The third-order valence-corrected chi connectivity index (χ3v) is 13.9. The third kappa shape index (κ3) is 10.4. The number of ether oxygens (including phenoxy) is 2. The molecule has 22 heteroatoms. The van der Waals surface area contributed by atoms with E-state index in [-0.39, 0.29) is 60.9 Å². The second kappa shape index (κ2) is 19.9. The van der Waals surface area contributed by atoms with Crippen molar-refractivity contribution in [3.8, 4) is 23.3 Å². The number of rotatable bonds is 14. The van der Waals surface area contributed by atoms with Crippen molar-refractivity contribution in [1.29, 1.82) is 5.26 Å². The molecule has 8 rings (SSSR count). The second-order valence-electron chi connectivity index (χ2n) is 16.5. The molecule has 3 fully saturated rings. The van der Waals surface area contributed by atoms with Crippen molar-refractivity contribution >= 4 is 57.1 Å². The van der Waals surface area contributed by atoms with Gasteiger partial charge >= 0.3 is 10.2 Å². The van der Waals surface area contributed by atoms with Crippen LogP contribution in [0, 0.1) is 23.0 Å². The molecule has 19 nitrogen and oxygen atoms in total. The summed E-state index contributed by atoms with van der Waals surface area (Å²) in [6, 6.07) is 11.3. The molecule has 0 radical (unpaired) electrons. The van der Waals surface area contributed by atoms with Gasteiger partial charge in [0.25, 0.3) is 0 Å². The Balaban J connectivity index is 0.830. The number of imide groups is 1. The molecule has 3 amide bonds. The first kappa shape index (κ1) is 46.6. The summed E-state index contributed by atoms with van der Waals surface area (Å²) in [6.07, 6.45) is 7.02. The summed E-state index contributed by atoms with van der Waals surface area (Å²) in [5.74, 6) is -1.38. The zero-order valence-electron chi connectivity index (χ0n) is 37.2. The first-order valence-corrected chi connectivity index (χ1v) is 23.3. The van der Waals surface area contributed by atoms with E-state index >= 15 is 8.78 Å². The van der Waals surface area contributed by atoms with Crippen LogP contribution in [0.3, 0.4) is 0 Å². The van der Waals surface area contributed by atoms with E-state index < -0.39 is 39.5 Å². The minimum absolute atomic E-state index is 0.0244. The van der Waals surface area contributed by atoms with E-state index in [9.17, 15) is 28.1 Å². The maximum absolute atomic E-state index is 15.5. The van der Waals surface area contributed by atoms with Crippen LogP contribution in [0.25, 0.3) is 6.20 Å². The summed E-state index contributed by atoms with van der Waals surface area (Å²) in [6.45, 7) is 5.71. The lowest BCUT2D eigenvalue weighted by Crippen LogP contribution is -2.52. The first-order valence-electron chi connectivity index (χ1n) is 21.9. The summed E-state index contributed by atoms with van der Waals surface area (Å²) in [4.78, 5) is 58.9. The van der Waals surface area contributed by atoms with Crippen LogP contribution in [0.1, 0.15) is 49.7 Å². The summed E-state index contributed by atoms with van der Waals surface area (Å²) in [5.41, 5.74) is 1.10. The molecule has 0 aliphatic carbocycles. The van der Waals surface area contributed by atoms with Gasteiger partial charge in [-0.25, -0.2) is 18.7 Å². The number of amides is 3. The number of piperazine rings is 1. The number of likely N-dealkylation sites (tertiary alicyclic amines) is 1. The van der Waals surface area contributed by atoms with Gasteiger partial charge in [-0.3, -0.25) is 34.3 Å². The van der Waals surface area contributed by atoms with E-state index in [4.69, 9.17) is 9.47 Å². The smallest absolute Gasteiger partial charge is 0.301 e. The highest BCUT2D eigenvalue weighted by Gasteiger charge is 2.31. The van der Waals surface area contributed by atoms with Gasteiger partial charge in [-0.1, -0.05) is 6.92 Å². The van der Waals surface area contributed by atoms with Crippen LogP contribution in [0.2, 0.25) is 0 Å². The molecule has 1 unspecified atom stereocenters. The standard InChI is InChI=1S/C45H50F2N12O7S/c1-4-55(2)67(63,64)54-37-8-6-34(46)43(33(37)22-48)66-31-5-7-36-29(19-31)25-59(27-51-36)30-23-49-45(50-24-30)58-17-15-57(16-18-58)42(61)26-56-13-11-28(12-14-56)32-20-40(65-3)39(21-35(32)47)52-38-9-10-41(60)53-44(38)62/h5-8,19-21,23-25,28,38,52,54H,4,9-18,26-27H2,1-3H3,(H,53,60,62). The maximum atomic E-state index is 15.5. The van der Waals surface area contributed by atoms with E-state index in [0.29, 0.717) is 97.7 Å². The number of nitrogens with zero attached hydrogens (tertiary/aromatic N) is 9. The Morgan fingerprint density at radius 1 is 0.985 bits per heavy atom. The van der Waals surface area contributed by atoms with Crippen LogP contribution >= 0.6 is 0 Å². The van der Waals surface area contributed by atoms with Gasteiger partial charge < -0.3 is 29.5 Å². The highest BCUT2D eigenvalue weighted by Crippen LogP contribution is 2.37. The molecule has 5 heterocycles. The van der Waals surface area contributed by atoms with Crippen molar-refractivity contribution in [2.24, 2.45) is 4.99 Å². The number of aromatic nitrogens is 2. The van der Waals surface area contributed by atoms with Crippen LogP contribution in [0.5, 0.6) is 17.2 Å². The van der Waals surface area contributed by atoms with Crippen molar-refractivity contribution in [3.63, 3.8) is 0 Å². The molecule has 3 saturated heterocycles. The van der Waals surface area contributed by atoms with E-state index in [1.54, 1.807) is 43.6 Å². The van der Waals surface area contributed by atoms with Gasteiger partial charge in [0.2, 0.25) is 23.7 Å². The topological polar surface area (TPSA) is 218 Å². The number of nitrogens with one attached hydrogen (secondary N) is 3. The van der Waals surface area contributed by atoms with E-state index in [1.165, 1.54) is 26.3 Å². The number of anilines is 4. The maximum Gasteiger partial charge on any atom is 0.301 e. The largest absolute Gasteiger partial charge is 0.495 e. The van der Waals surface area contributed by atoms with Gasteiger partial charge in [-0.05, 0) is 80.2 Å². The number of fused-ring (bicyclic) bond motifs is 1. The van der Waals surface area contributed by atoms with Gasteiger partial charge in [0.15, 0.2) is 11.6 Å². The van der Waals surface area contributed by atoms with E-state index in [1.807, 2.05) is 27.0 Å². The Morgan fingerprint density at radius 2 is 1.73 bits per heavy atom. The molecule has 1 atom stereocenters. The van der Waals surface area contributed by atoms with Gasteiger partial charge in [0.05, 0.1) is 48.5 Å². The fourth-order valence-corrected chi connectivity index (χ4v) is 9.32. The molecule has 4 aliphatic heterocycles. The van der Waals surface area contributed by atoms with Gasteiger partial charge in [-0.2, -0.15) is 18.0 Å². The lowest BCUT2D eigenvalue weighted by molar-refractivity contribution is -0.134. The molecule has 352 valence electrons. The van der Waals surface area contributed by atoms with Crippen molar-refractivity contribution in [2.45, 2.75) is 44.6 Å². The number of hydrogen-bond acceptors (Lipinski definition) is 15. The summed E-state index contributed by atoms with van der Waals surface area (Å²) < 4.78 is 70.7. The molecule has 0 bridgehead atoms. The van der Waals surface area contributed by atoms with Crippen LogP contribution in [0.4, 0.5) is 31.8 Å². The molecule has 4 aromatic rings. The Kier molecular flexibility index (Phi) is 13.8. The monoisotopic (exact) mass is 940 g/mol. The number of methoxy groups -OCH3 is 1. The number of benzene rings is 3. The highest BCUT2D eigenvalue weighted by atomic mass is 32.2. The average Bonchev–Trinajstić information content (AvgIpc) is 3.33. The summed E-state index contributed by atoms with van der Waals surface area (Å²) >= 11 is 0. The Bertz CT molecular complexity index is 2830.